The van der Waals surface area contributed by atoms with E-state index in [0.717, 1.165) is 22.2 Å². The van der Waals surface area contributed by atoms with Crippen LogP contribution >= 0.6 is 11.8 Å². The molecule has 1 fully saturated rings. The number of piperazine rings is 1. The van der Waals surface area contributed by atoms with E-state index in [9.17, 15) is 9.59 Å². The second-order valence-corrected chi connectivity index (χ2v) is 7.32. The van der Waals surface area contributed by atoms with Gasteiger partial charge in [-0.25, -0.2) is 0 Å². The Morgan fingerprint density at radius 2 is 1.96 bits per heavy atom. The minimum Gasteiger partial charge on any atom is -0.350 e. The van der Waals surface area contributed by atoms with Gasteiger partial charge in [0.25, 0.3) is 0 Å². The minimum absolute atomic E-state index is 0.0827. The summed E-state index contributed by atoms with van der Waals surface area (Å²) in [6, 6.07) is 7.17. The first-order chi connectivity index (χ1) is 11.5. The Labute approximate surface area is 146 Å². The van der Waals surface area contributed by atoms with Crippen molar-refractivity contribution in [2.45, 2.75) is 31.3 Å². The minimum atomic E-state index is -0.533. The van der Waals surface area contributed by atoms with Crippen LogP contribution in [0.15, 0.2) is 30.5 Å². The van der Waals surface area contributed by atoms with E-state index in [1.54, 1.807) is 11.8 Å². The van der Waals surface area contributed by atoms with E-state index in [4.69, 9.17) is 0 Å². The van der Waals surface area contributed by atoms with Gasteiger partial charge < -0.3 is 15.2 Å². The number of nitrogens with zero attached hydrogens (tertiary/aromatic N) is 1. The fourth-order valence-electron chi connectivity index (χ4n) is 3.35. The van der Waals surface area contributed by atoms with Crippen molar-refractivity contribution in [3.05, 3.63) is 36.0 Å². The number of para-hydroxylation sites is 1. The molecular weight excluding hydrogens is 322 g/mol. The van der Waals surface area contributed by atoms with Crippen molar-refractivity contribution in [2.75, 3.05) is 12.0 Å². The van der Waals surface area contributed by atoms with Crippen LogP contribution in [0.2, 0.25) is 0 Å². The molecule has 0 spiro atoms. The van der Waals surface area contributed by atoms with Gasteiger partial charge in [0.2, 0.25) is 11.8 Å². The molecule has 1 aromatic carbocycles. The molecular formula is C18H23N3O2S. The number of hydrogen-bond acceptors (Lipinski definition) is 3. The van der Waals surface area contributed by atoms with E-state index >= 15 is 0 Å². The van der Waals surface area contributed by atoms with E-state index in [0.29, 0.717) is 6.42 Å². The highest BCUT2D eigenvalue weighted by atomic mass is 32.2. The monoisotopic (exact) mass is 345 g/mol. The van der Waals surface area contributed by atoms with Crippen molar-refractivity contribution in [1.29, 1.82) is 0 Å². The Morgan fingerprint density at radius 1 is 1.21 bits per heavy atom. The number of fused-ring (bicyclic) bond motifs is 1. The van der Waals surface area contributed by atoms with Crippen molar-refractivity contribution in [2.24, 2.45) is 7.05 Å². The van der Waals surface area contributed by atoms with Gasteiger partial charge in [0.05, 0.1) is 0 Å². The molecule has 0 aliphatic carbocycles. The van der Waals surface area contributed by atoms with Crippen molar-refractivity contribution in [3.8, 4) is 0 Å². The van der Waals surface area contributed by atoms with Gasteiger partial charge in [-0.05, 0) is 30.1 Å². The average Bonchev–Trinajstić information content (AvgIpc) is 2.92. The highest BCUT2D eigenvalue weighted by molar-refractivity contribution is 7.98. The third kappa shape index (κ3) is 3.02. The van der Waals surface area contributed by atoms with E-state index in [2.05, 4.69) is 33.5 Å². The van der Waals surface area contributed by atoms with Crippen molar-refractivity contribution in [3.63, 3.8) is 0 Å². The van der Waals surface area contributed by atoms with E-state index in [-0.39, 0.29) is 17.7 Å². The Hall–Kier alpha value is -1.95. The average molecular weight is 345 g/mol. The number of amides is 2. The van der Waals surface area contributed by atoms with Crippen LogP contribution in [0.3, 0.4) is 0 Å². The maximum Gasteiger partial charge on any atom is 0.243 e. The Bertz CT molecular complexity index is 771. The molecule has 1 aromatic heterocycles. The van der Waals surface area contributed by atoms with Crippen molar-refractivity contribution in [1.82, 2.24) is 15.2 Å². The van der Waals surface area contributed by atoms with Gasteiger partial charge in [-0.1, -0.05) is 25.1 Å². The number of aromatic nitrogens is 1. The zero-order valence-corrected chi connectivity index (χ0v) is 15.0. The van der Waals surface area contributed by atoms with E-state index < -0.39 is 12.1 Å². The lowest BCUT2D eigenvalue weighted by atomic mass is 9.90. The molecule has 128 valence electrons. The molecule has 2 N–H and O–H groups in total. The van der Waals surface area contributed by atoms with Crippen molar-refractivity contribution >= 4 is 34.5 Å². The molecule has 0 bridgehead atoms. The van der Waals surface area contributed by atoms with Crippen LogP contribution in [0.4, 0.5) is 0 Å². The Balaban J connectivity index is 1.83. The van der Waals surface area contributed by atoms with Crippen molar-refractivity contribution < 1.29 is 9.59 Å². The summed E-state index contributed by atoms with van der Waals surface area (Å²) in [7, 11) is 2.00. The Kier molecular flexibility index (Phi) is 4.85. The van der Waals surface area contributed by atoms with Crippen LogP contribution in [0.5, 0.6) is 0 Å². The maximum atomic E-state index is 12.5. The van der Waals surface area contributed by atoms with Gasteiger partial charge in [-0.2, -0.15) is 11.8 Å². The number of hydrogen-bond donors (Lipinski definition) is 2. The number of benzene rings is 1. The predicted molar refractivity (Wildman–Crippen MR) is 98.2 cm³/mol. The van der Waals surface area contributed by atoms with Gasteiger partial charge in [0.15, 0.2) is 0 Å². The lowest BCUT2D eigenvalue weighted by Gasteiger charge is -2.32. The van der Waals surface area contributed by atoms with E-state index in [1.807, 2.05) is 32.4 Å². The van der Waals surface area contributed by atoms with Gasteiger partial charge in [0.1, 0.15) is 12.1 Å². The second-order valence-electron chi connectivity index (χ2n) is 6.33. The van der Waals surface area contributed by atoms with Crippen LogP contribution in [0.1, 0.15) is 24.8 Å². The molecule has 1 aliphatic rings. The normalized spacial score (nSPS) is 22.3. The molecule has 1 saturated heterocycles. The van der Waals surface area contributed by atoms with Gasteiger partial charge in [-0.3, -0.25) is 9.59 Å². The van der Waals surface area contributed by atoms with Crippen LogP contribution in [0.25, 0.3) is 10.9 Å². The summed E-state index contributed by atoms with van der Waals surface area (Å²) >= 11 is 1.67. The van der Waals surface area contributed by atoms with Crippen LogP contribution in [-0.4, -0.2) is 40.5 Å². The molecule has 3 atom stereocenters. The third-order valence-corrected chi connectivity index (χ3v) is 5.39. The van der Waals surface area contributed by atoms with Gasteiger partial charge in [-0.15, -0.1) is 0 Å². The summed E-state index contributed by atoms with van der Waals surface area (Å²) in [4.78, 5) is 24.9. The summed E-state index contributed by atoms with van der Waals surface area (Å²) < 4.78 is 2.06. The first kappa shape index (κ1) is 16.9. The molecule has 2 amide bonds. The molecule has 0 saturated carbocycles. The zero-order valence-electron chi connectivity index (χ0n) is 14.2. The molecule has 2 heterocycles. The lowest BCUT2D eigenvalue weighted by Crippen LogP contribution is -2.63. The van der Waals surface area contributed by atoms with Gasteiger partial charge >= 0.3 is 0 Å². The molecule has 2 aromatic rings. The zero-order chi connectivity index (χ0) is 17.3. The Morgan fingerprint density at radius 3 is 2.71 bits per heavy atom. The fourth-order valence-corrected chi connectivity index (χ4v) is 3.82. The quantitative estimate of drug-likeness (QED) is 0.871. The molecule has 24 heavy (non-hydrogen) atoms. The summed E-state index contributed by atoms with van der Waals surface area (Å²) in [5.74, 6) is 0.575. The first-order valence-electron chi connectivity index (χ1n) is 8.16. The molecule has 0 unspecified atom stereocenters. The molecule has 1 aliphatic heterocycles. The first-order valence-corrected chi connectivity index (χ1v) is 9.56. The van der Waals surface area contributed by atoms with Crippen LogP contribution in [-0.2, 0) is 16.6 Å². The summed E-state index contributed by atoms with van der Waals surface area (Å²) in [5, 5.41) is 6.94. The number of aryl methyl sites for hydroxylation is 1. The third-order valence-electron chi connectivity index (χ3n) is 4.74. The van der Waals surface area contributed by atoms with Crippen LogP contribution in [0, 0.1) is 0 Å². The number of nitrogens with one attached hydrogen (secondary N) is 2. The number of carbonyl (C=O) groups excluding carboxylic acids is 2. The number of carbonyl (C=O) groups is 2. The highest BCUT2D eigenvalue weighted by Gasteiger charge is 2.37. The fraction of sp³-hybridized carbons (Fsp3) is 0.444. The number of thioether (sulfide) groups is 1. The van der Waals surface area contributed by atoms with E-state index in [1.165, 1.54) is 0 Å². The highest BCUT2D eigenvalue weighted by Crippen LogP contribution is 2.30. The predicted octanol–water partition coefficient (Wildman–Crippen LogP) is 2.02. The SMILES string of the molecule is CSCC[C@H]1NC(=O)[C@@H]([C@H](C)c2cn(C)c3ccccc23)NC1=O. The van der Waals surface area contributed by atoms with Gasteiger partial charge in [0, 0.05) is 30.1 Å². The second kappa shape index (κ2) is 6.89. The molecule has 3 rings (SSSR count). The summed E-state index contributed by atoms with van der Waals surface area (Å²) in [6.45, 7) is 1.99. The lowest BCUT2D eigenvalue weighted by molar-refractivity contribution is -0.137. The van der Waals surface area contributed by atoms with Crippen LogP contribution < -0.4 is 10.6 Å². The summed E-state index contributed by atoms with van der Waals surface area (Å²) in [5.41, 5.74) is 2.20. The maximum absolute atomic E-state index is 12.5. The molecule has 5 nitrogen and oxygen atoms in total. The topological polar surface area (TPSA) is 63.1 Å². The molecule has 6 heteroatoms. The smallest absolute Gasteiger partial charge is 0.243 e. The summed E-state index contributed by atoms with van der Waals surface area (Å²) in [6.07, 6.45) is 4.70. The number of rotatable bonds is 5. The molecule has 0 radical (unpaired) electrons. The largest absolute Gasteiger partial charge is 0.350 e. The standard InChI is InChI=1S/C18H23N3O2S/c1-11(13-10-21(2)15-7-5-4-6-12(13)15)16-18(23)19-14(8-9-24-3)17(22)20-16/h4-7,10-11,14,16H,8-9H2,1-3H3,(H,19,23)(H,20,22)/t11-,14-,16-/m1/s1.